The van der Waals surface area contributed by atoms with Crippen molar-refractivity contribution in [3.05, 3.63) is 53.5 Å². The molecule has 2 aromatic carbocycles. The fraction of sp³-hybridized carbons (Fsp3) is 0.440. The average Bonchev–Trinajstić information content (AvgIpc) is 2.72. The highest BCUT2D eigenvalue weighted by molar-refractivity contribution is 6.08. The van der Waals surface area contributed by atoms with Gasteiger partial charge < -0.3 is 4.74 Å². The van der Waals surface area contributed by atoms with Crippen LogP contribution in [0, 0.1) is 5.82 Å². The summed E-state index contributed by atoms with van der Waals surface area (Å²) in [4.78, 5) is 16.2. The van der Waals surface area contributed by atoms with E-state index in [4.69, 9.17) is 9.72 Å². The van der Waals surface area contributed by atoms with Gasteiger partial charge in [0, 0.05) is 22.9 Å². The fourth-order valence-electron chi connectivity index (χ4n) is 4.00. The summed E-state index contributed by atoms with van der Waals surface area (Å²) in [6.07, 6.45) is 7.58. The second-order valence-electron chi connectivity index (χ2n) is 7.49. The van der Waals surface area contributed by atoms with E-state index in [1.807, 2.05) is 13.0 Å². The Bertz CT molecular complexity index is 983. The number of hydrogen-bond donors (Lipinski definition) is 0. The zero-order chi connectivity index (χ0) is 20.6. The highest BCUT2D eigenvalue weighted by Gasteiger charge is 2.11. The number of carbonyl (C=O) groups is 1. The molecule has 0 radical (unpaired) electrons. The Kier molecular flexibility index (Phi) is 7.56. The Morgan fingerprint density at radius 1 is 1.00 bits per heavy atom. The molecule has 0 aliphatic carbocycles. The van der Waals surface area contributed by atoms with Gasteiger partial charge in [-0.25, -0.2) is 4.39 Å². The Morgan fingerprint density at radius 3 is 2.59 bits per heavy atom. The van der Waals surface area contributed by atoms with Gasteiger partial charge in [-0.05, 0) is 61.8 Å². The van der Waals surface area contributed by atoms with Crippen LogP contribution in [0.25, 0.3) is 21.7 Å². The summed E-state index contributed by atoms with van der Waals surface area (Å²) in [5, 5.41) is 3.17. The van der Waals surface area contributed by atoms with Gasteiger partial charge in [0.05, 0.1) is 12.1 Å². The van der Waals surface area contributed by atoms with Crippen LogP contribution < -0.4 is 0 Å². The minimum atomic E-state index is -0.214. The van der Waals surface area contributed by atoms with E-state index in [1.54, 1.807) is 12.1 Å². The number of pyridine rings is 1. The van der Waals surface area contributed by atoms with Crippen molar-refractivity contribution in [2.24, 2.45) is 0 Å². The lowest BCUT2D eigenvalue weighted by Gasteiger charge is -2.12. The number of carbonyl (C=O) groups excluding carboxylic acids is 1. The second-order valence-corrected chi connectivity index (χ2v) is 7.49. The van der Waals surface area contributed by atoms with Crippen molar-refractivity contribution in [3.8, 4) is 0 Å². The van der Waals surface area contributed by atoms with Gasteiger partial charge in [-0.3, -0.25) is 9.78 Å². The summed E-state index contributed by atoms with van der Waals surface area (Å²) in [7, 11) is 0. The normalized spacial score (nSPS) is 11.3. The molecule has 0 spiro atoms. The van der Waals surface area contributed by atoms with Crippen LogP contribution in [0.4, 0.5) is 4.39 Å². The second kappa shape index (κ2) is 10.3. The molecule has 3 rings (SSSR count). The van der Waals surface area contributed by atoms with Crippen molar-refractivity contribution < 1.29 is 13.9 Å². The third-order valence-corrected chi connectivity index (χ3v) is 5.41. The topological polar surface area (TPSA) is 39.2 Å². The smallest absolute Gasteiger partial charge is 0.305 e. The van der Waals surface area contributed by atoms with Crippen LogP contribution in [0.5, 0.6) is 0 Å². The lowest BCUT2D eigenvalue weighted by molar-refractivity contribution is -0.143. The molecule has 0 unspecified atom stereocenters. The molecule has 4 heteroatoms. The number of halogens is 1. The molecule has 3 aromatic rings. The van der Waals surface area contributed by atoms with Crippen molar-refractivity contribution in [3.63, 3.8) is 0 Å². The molecule has 1 aromatic heterocycles. The van der Waals surface area contributed by atoms with Crippen molar-refractivity contribution in [2.45, 2.75) is 65.2 Å². The number of rotatable bonds is 10. The van der Waals surface area contributed by atoms with E-state index in [9.17, 15) is 9.18 Å². The van der Waals surface area contributed by atoms with E-state index in [0.29, 0.717) is 13.0 Å². The van der Waals surface area contributed by atoms with Crippen molar-refractivity contribution in [1.29, 1.82) is 0 Å². The van der Waals surface area contributed by atoms with E-state index in [1.165, 1.54) is 5.56 Å². The highest BCUT2D eigenvalue weighted by atomic mass is 19.1. The Labute approximate surface area is 172 Å². The van der Waals surface area contributed by atoms with Crippen LogP contribution in [0.15, 0.2) is 36.4 Å². The molecule has 0 aliphatic rings. The maximum absolute atomic E-state index is 13.8. The number of hydrogen-bond acceptors (Lipinski definition) is 3. The van der Waals surface area contributed by atoms with Gasteiger partial charge in [-0.1, -0.05) is 44.4 Å². The van der Waals surface area contributed by atoms with Gasteiger partial charge >= 0.3 is 5.97 Å². The number of aromatic nitrogens is 1. The van der Waals surface area contributed by atoms with Crippen LogP contribution >= 0.6 is 0 Å². The molecule has 0 amide bonds. The maximum atomic E-state index is 13.8. The average molecular weight is 396 g/mol. The molecule has 0 N–H and O–H groups in total. The molecular formula is C25H30FNO2. The highest BCUT2D eigenvalue weighted by Crippen LogP contribution is 2.31. The van der Waals surface area contributed by atoms with E-state index in [-0.39, 0.29) is 11.8 Å². The molecule has 0 atom stereocenters. The fourth-order valence-corrected chi connectivity index (χ4v) is 4.00. The summed E-state index contributed by atoms with van der Waals surface area (Å²) < 4.78 is 18.8. The zero-order valence-corrected chi connectivity index (χ0v) is 17.5. The van der Waals surface area contributed by atoms with E-state index in [0.717, 1.165) is 72.3 Å². The number of ether oxygens (including phenoxy) is 1. The van der Waals surface area contributed by atoms with Gasteiger partial charge in [0.2, 0.25) is 0 Å². The van der Waals surface area contributed by atoms with Crippen LogP contribution in [0.1, 0.15) is 63.6 Å². The number of esters is 1. The molecule has 0 bridgehead atoms. The Hall–Kier alpha value is -2.49. The standard InChI is InChI=1S/C25H30FNO2/c1-3-22-21-17-19(26)15-16-20(21)25-18(12-10-13-23(25)27-22)11-8-6-5-7-9-14-24(28)29-4-2/h10,12-13,15-17H,3-9,11,14H2,1-2H3. The largest absolute Gasteiger partial charge is 0.466 e. The van der Waals surface area contributed by atoms with Gasteiger partial charge in [-0.15, -0.1) is 0 Å². The summed E-state index contributed by atoms with van der Waals surface area (Å²) >= 11 is 0. The Morgan fingerprint density at radius 2 is 1.79 bits per heavy atom. The molecule has 1 heterocycles. The first-order valence-corrected chi connectivity index (χ1v) is 10.8. The lowest BCUT2D eigenvalue weighted by Crippen LogP contribution is -2.03. The zero-order valence-electron chi connectivity index (χ0n) is 17.5. The first kappa shape index (κ1) is 21.2. The SMILES string of the molecule is CCOC(=O)CCCCCCCc1cccc2nc(CC)c3cc(F)ccc3c12. The minimum absolute atomic E-state index is 0.0921. The first-order valence-electron chi connectivity index (χ1n) is 10.8. The van der Waals surface area contributed by atoms with Crippen LogP contribution in [-0.2, 0) is 22.4 Å². The number of benzene rings is 2. The predicted molar refractivity (Wildman–Crippen MR) is 117 cm³/mol. The number of aryl methyl sites for hydroxylation is 2. The van der Waals surface area contributed by atoms with Crippen molar-refractivity contribution in [1.82, 2.24) is 4.98 Å². The number of unbranched alkanes of at least 4 members (excludes halogenated alkanes) is 4. The molecular weight excluding hydrogens is 365 g/mol. The summed E-state index contributed by atoms with van der Waals surface area (Å²) in [5.41, 5.74) is 3.22. The molecule has 0 saturated heterocycles. The van der Waals surface area contributed by atoms with Gasteiger partial charge in [0.15, 0.2) is 0 Å². The first-order chi connectivity index (χ1) is 14.1. The number of nitrogens with zero attached hydrogens (tertiary/aromatic N) is 1. The molecule has 29 heavy (non-hydrogen) atoms. The molecule has 0 fully saturated rings. The third-order valence-electron chi connectivity index (χ3n) is 5.41. The molecule has 0 aliphatic heterocycles. The quantitative estimate of drug-likeness (QED) is 0.222. The van der Waals surface area contributed by atoms with Crippen molar-refractivity contribution >= 4 is 27.6 Å². The number of fused-ring (bicyclic) bond motifs is 3. The molecule has 3 nitrogen and oxygen atoms in total. The summed E-state index contributed by atoms with van der Waals surface area (Å²) in [6.45, 7) is 4.35. The summed E-state index contributed by atoms with van der Waals surface area (Å²) in [5.74, 6) is -0.306. The lowest BCUT2D eigenvalue weighted by atomic mass is 9.96. The Balaban J connectivity index is 1.67. The third kappa shape index (κ3) is 5.31. The molecule has 154 valence electrons. The van der Waals surface area contributed by atoms with Gasteiger partial charge in [0.25, 0.3) is 0 Å². The van der Waals surface area contributed by atoms with Gasteiger partial charge in [-0.2, -0.15) is 0 Å². The van der Waals surface area contributed by atoms with E-state index in [2.05, 4.69) is 25.1 Å². The van der Waals surface area contributed by atoms with E-state index >= 15 is 0 Å². The van der Waals surface area contributed by atoms with E-state index < -0.39 is 0 Å². The monoisotopic (exact) mass is 395 g/mol. The maximum Gasteiger partial charge on any atom is 0.305 e. The van der Waals surface area contributed by atoms with Gasteiger partial charge in [0.1, 0.15) is 5.82 Å². The summed E-state index contributed by atoms with van der Waals surface area (Å²) in [6, 6.07) is 11.3. The minimum Gasteiger partial charge on any atom is -0.466 e. The molecule has 0 saturated carbocycles. The van der Waals surface area contributed by atoms with Crippen molar-refractivity contribution in [2.75, 3.05) is 6.61 Å². The van der Waals surface area contributed by atoms with Crippen LogP contribution in [0.2, 0.25) is 0 Å². The van der Waals surface area contributed by atoms with Crippen LogP contribution in [-0.4, -0.2) is 17.6 Å². The van der Waals surface area contributed by atoms with Crippen LogP contribution in [0.3, 0.4) is 0 Å². The predicted octanol–water partition coefficient (Wildman–Crippen LogP) is 6.54.